The van der Waals surface area contributed by atoms with Gasteiger partial charge in [-0.25, -0.2) is 0 Å². The van der Waals surface area contributed by atoms with E-state index in [4.69, 9.17) is 23.2 Å². The molecule has 0 aromatic heterocycles. The van der Waals surface area contributed by atoms with Gasteiger partial charge in [0.15, 0.2) is 0 Å². The Morgan fingerprint density at radius 2 is 2.00 bits per heavy atom. The van der Waals surface area contributed by atoms with Gasteiger partial charge in [-0.1, -0.05) is 23.2 Å². The van der Waals surface area contributed by atoms with Crippen LogP contribution in [0.4, 0.5) is 0 Å². The minimum Gasteiger partial charge on any atom is -0.255 e. The first-order chi connectivity index (χ1) is 5.11. The van der Waals surface area contributed by atoms with Gasteiger partial charge in [-0.05, 0) is 18.2 Å². The Morgan fingerprint density at radius 3 is 2.45 bits per heavy atom. The van der Waals surface area contributed by atoms with Crippen LogP contribution in [0.2, 0.25) is 10.0 Å². The summed E-state index contributed by atoms with van der Waals surface area (Å²) in [6.07, 6.45) is 1.58. The standard InChI is InChI=1S/C7H6Cl2OS/c1-11(10)7-3-2-5(8)4-6(7)9/h2-4H,1H3/t11-/m0/s1. The molecular weight excluding hydrogens is 203 g/mol. The summed E-state index contributed by atoms with van der Waals surface area (Å²) in [7, 11) is -1.04. The molecule has 0 saturated heterocycles. The summed E-state index contributed by atoms with van der Waals surface area (Å²) in [5, 5.41) is 1.02. The molecule has 0 saturated carbocycles. The molecule has 60 valence electrons. The lowest BCUT2D eigenvalue weighted by Gasteiger charge is -1.98. The van der Waals surface area contributed by atoms with Crippen LogP contribution in [0.3, 0.4) is 0 Å². The van der Waals surface area contributed by atoms with Gasteiger partial charge in [0.05, 0.1) is 20.7 Å². The van der Waals surface area contributed by atoms with E-state index in [0.29, 0.717) is 14.9 Å². The lowest BCUT2D eigenvalue weighted by Crippen LogP contribution is -1.87. The topological polar surface area (TPSA) is 17.1 Å². The van der Waals surface area contributed by atoms with Crippen LogP contribution in [0.25, 0.3) is 0 Å². The van der Waals surface area contributed by atoms with Crippen molar-refractivity contribution in [3.8, 4) is 0 Å². The molecule has 0 fully saturated rings. The van der Waals surface area contributed by atoms with Gasteiger partial charge in [-0.3, -0.25) is 4.21 Å². The molecule has 0 radical (unpaired) electrons. The van der Waals surface area contributed by atoms with Crippen LogP contribution in [-0.2, 0) is 10.8 Å². The fourth-order valence-corrected chi connectivity index (χ4v) is 2.04. The first-order valence-corrected chi connectivity index (χ1v) is 5.21. The van der Waals surface area contributed by atoms with E-state index in [1.165, 1.54) is 0 Å². The molecule has 0 aliphatic rings. The van der Waals surface area contributed by atoms with Crippen molar-refractivity contribution in [2.75, 3.05) is 6.26 Å². The highest BCUT2D eigenvalue weighted by Gasteiger charge is 2.03. The van der Waals surface area contributed by atoms with Gasteiger partial charge in [0.25, 0.3) is 0 Å². The molecule has 0 amide bonds. The summed E-state index contributed by atoms with van der Waals surface area (Å²) in [5.41, 5.74) is 0. The third-order valence-electron chi connectivity index (χ3n) is 1.20. The Hall–Kier alpha value is -0.0500. The molecule has 1 atom stereocenters. The highest BCUT2D eigenvalue weighted by atomic mass is 35.5. The van der Waals surface area contributed by atoms with Gasteiger partial charge >= 0.3 is 0 Å². The summed E-state index contributed by atoms with van der Waals surface area (Å²) in [6.45, 7) is 0. The van der Waals surface area contributed by atoms with Crippen LogP contribution < -0.4 is 0 Å². The van der Waals surface area contributed by atoms with Crippen LogP contribution in [0.1, 0.15) is 0 Å². The number of hydrogen-bond acceptors (Lipinski definition) is 1. The summed E-state index contributed by atoms with van der Waals surface area (Å²) in [4.78, 5) is 0.621. The van der Waals surface area contributed by atoms with E-state index in [-0.39, 0.29) is 0 Å². The molecule has 0 spiro atoms. The van der Waals surface area contributed by atoms with E-state index in [0.717, 1.165) is 0 Å². The van der Waals surface area contributed by atoms with Gasteiger partial charge < -0.3 is 0 Å². The number of benzene rings is 1. The van der Waals surface area contributed by atoms with Crippen LogP contribution in [0.15, 0.2) is 23.1 Å². The average Bonchev–Trinajstić information content (AvgIpc) is 1.85. The fraction of sp³-hybridized carbons (Fsp3) is 0.143. The maximum Gasteiger partial charge on any atom is 0.0582 e. The zero-order valence-electron chi connectivity index (χ0n) is 5.80. The molecule has 0 aliphatic heterocycles. The molecule has 11 heavy (non-hydrogen) atoms. The van der Waals surface area contributed by atoms with Crippen molar-refractivity contribution in [3.63, 3.8) is 0 Å². The number of rotatable bonds is 1. The second kappa shape index (κ2) is 3.57. The molecule has 4 heteroatoms. The predicted molar refractivity (Wildman–Crippen MR) is 48.8 cm³/mol. The van der Waals surface area contributed by atoms with E-state index in [1.807, 2.05) is 0 Å². The molecule has 0 N–H and O–H groups in total. The van der Waals surface area contributed by atoms with E-state index < -0.39 is 10.8 Å². The van der Waals surface area contributed by atoms with Crippen molar-refractivity contribution >= 4 is 34.0 Å². The largest absolute Gasteiger partial charge is 0.255 e. The van der Waals surface area contributed by atoms with Crippen LogP contribution in [-0.4, -0.2) is 10.5 Å². The SMILES string of the molecule is C[S@](=O)c1ccc(Cl)cc1Cl. The second-order valence-electron chi connectivity index (χ2n) is 2.03. The van der Waals surface area contributed by atoms with Crippen LogP contribution >= 0.6 is 23.2 Å². The predicted octanol–water partition coefficient (Wildman–Crippen LogP) is 2.73. The van der Waals surface area contributed by atoms with Crippen molar-refractivity contribution in [1.82, 2.24) is 0 Å². The third-order valence-corrected chi connectivity index (χ3v) is 2.84. The van der Waals surface area contributed by atoms with E-state index in [9.17, 15) is 4.21 Å². The smallest absolute Gasteiger partial charge is 0.0582 e. The molecule has 1 aromatic carbocycles. The van der Waals surface area contributed by atoms with Crippen molar-refractivity contribution < 1.29 is 4.21 Å². The van der Waals surface area contributed by atoms with Crippen molar-refractivity contribution in [2.24, 2.45) is 0 Å². The van der Waals surface area contributed by atoms with Gasteiger partial charge in [0.1, 0.15) is 0 Å². The maximum absolute atomic E-state index is 11.0. The lowest BCUT2D eigenvalue weighted by atomic mass is 10.4. The van der Waals surface area contributed by atoms with Crippen molar-refractivity contribution in [3.05, 3.63) is 28.2 Å². The summed E-state index contributed by atoms with van der Waals surface area (Å²) < 4.78 is 11.0. The van der Waals surface area contributed by atoms with Crippen LogP contribution in [0.5, 0.6) is 0 Å². The van der Waals surface area contributed by atoms with Gasteiger partial charge in [-0.15, -0.1) is 0 Å². The molecule has 1 nitrogen and oxygen atoms in total. The monoisotopic (exact) mass is 208 g/mol. The highest BCUT2D eigenvalue weighted by Crippen LogP contribution is 2.22. The first kappa shape index (κ1) is 9.04. The zero-order chi connectivity index (χ0) is 8.43. The zero-order valence-corrected chi connectivity index (χ0v) is 8.13. The summed E-state index contributed by atoms with van der Waals surface area (Å²) >= 11 is 11.4. The number of hydrogen-bond donors (Lipinski definition) is 0. The first-order valence-electron chi connectivity index (χ1n) is 2.90. The normalized spacial score (nSPS) is 13.0. The average molecular weight is 209 g/mol. The Morgan fingerprint density at radius 1 is 1.36 bits per heavy atom. The van der Waals surface area contributed by atoms with Gasteiger partial charge in [0, 0.05) is 11.3 Å². The Balaban J connectivity index is 3.20. The molecule has 0 aliphatic carbocycles. The van der Waals surface area contributed by atoms with Crippen molar-refractivity contribution in [1.29, 1.82) is 0 Å². The lowest BCUT2D eigenvalue weighted by molar-refractivity contribution is 0.687. The minimum absolute atomic E-state index is 0.457. The van der Waals surface area contributed by atoms with E-state index in [2.05, 4.69) is 0 Å². The van der Waals surface area contributed by atoms with Crippen LogP contribution in [0, 0.1) is 0 Å². The Kier molecular flexibility index (Phi) is 2.93. The number of halogens is 2. The molecule has 0 unspecified atom stereocenters. The summed E-state index contributed by atoms with van der Waals surface area (Å²) in [6, 6.07) is 4.92. The van der Waals surface area contributed by atoms with E-state index >= 15 is 0 Å². The van der Waals surface area contributed by atoms with Crippen molar-refractivity contribution in [2.45, 2.75) is 4.90 Å². The highest BCUT2D eigenvalue weighted by molar-refractivity contribution is 7.84. The molecule has 1 aromatic rings. The Bertz CT molecular complexity index is 298. The maximum atomic E-state index is 11.0. The third kappa shape index (κ3) is 2.19. The molecule has 0 bridgehead atoms. The fourth-order valence-electron chi connectivity index (χ4n) is 0.708. The van der Waals surface area contributed by atoms with Gasteiger partial charge in [0.2, 0.25) is 0 Å². The molecule has 0 heterocycles. The molecule has 1 rings (SSSR count). The quantitative estimate of drug-likeness (QED) is 0.694. The minimum atomic E-state index is -1.04. The summed E-state index contributed by atoms with van der Waals surface area (Å²) in [5.74, 6) is 0. The second-order valence-corrected chi connectivity index (χ2v) is 4.22. The molecular formula is C7H6Cl2OS. The Labute approximate surface area is 77.8 Å². The van der Waals surface area contributed by atoms with E-state index in [1.54, 1.807) is 24.5 Å². The van der Waals surface area contributed by atoms with Gasteiger partial charge in [-0.2, -0.15) is 0 Å².